The lowest BCUT2D eigenvalue weighted by Gasteiger charge is -2.10. The van der Waals surface area contributed by atoms with Crippen molar-refractivity contribution in [2.24, 2.45) is 0 Å². The van der Waals surface area contributed by atoms with Crippen LogP contribution in [-0.2, 0) is 0 Å². The van der Waals surface area contributed by atoms with Crippen LogP contribution in [0.5, 0.6) is 5.75 Å². The van der Waals surface area contributed by atoms with Crippen LogP contribution >= 0.6 is 0 Å². The van der Waals surface area contributed by atoms with Crippen LogP contribution in [0, 0.1) is 0 Å². The number of halogens is 3. The predicted molar refractivity (Wildman–Crippen MR) is 52.4 cm³/mol. The molecule has 0 fully saturated rings. The third kappa shape index (κ3) is 3.45. The molecular weight excluding hydrogens is 223 g/mol. The molecule has 1 aromatic carbocycles. The van der Waals surface area contributed by atoms with Crippen LogP contribution < -0.4 is 10.5 Å². The first-order chi connectivity index (χ1) is 7.29. The largest absolute Gasteiger partial charge is 0.484 e. The Morgan fingerprint density at radius 1 is 1.44 bits per heavy atom. The third-order valence-corrected chi connectivity index (χ3v) is 1.81. The Hall–Kier alpha value is -1.72. The highest BCUT2D eigenvalue weighted by atomic mass is 19.4. The summed E-state index contributed by atoms with van der Waals surface area (Å²) in [5, 5.41) is 0. The van der Waals surface area contributed by atoms with Crippen molar-refractivity contribution in [2.45, 2.75) is 13.1 Å². The van der Waals surface area contributed by atoms with E-state index in [1.54, 1.807) is 0 Å². The number of hydrogen-bond donors (Lipinski definition) is 1. The Kier molecular flexibility index (Phi) is 3.41. The first kappa shape index (κ1) is 12.4. The quantitative estimate of drug-likeness (QED) is 0.644. The standard InChI is InChI=1S/C10H10F3NO2/c1-6(15)8-4-7(2-3-9(8)14)16-5-10(11,12)13/h2-4H,5,14H2,1H3. The Labute approximate surface area is 90.0 Å². The van der Waals surface area contributed by atoms with E-state index in [0.29, 0.717) is 0 Å². The molecule has 88 valence electrons. The lowest BCUT2D eigenvalue weighted by atomic mass is 10.1. The van der Waals surface area contributed by atoms with Crippen molar-refractivity contribution >= 4 is 11.5 Å². The van der Waals surface area contributed by atoms with Crippen LogP contribution in [0.3, 0.4) is 0 Å². The highest BCUT2D eigenvalue weighted by Crippen LogP contribution is 2.22. The molecule has 0 saturated heterocycles. The van der Waals surface area contributed by atoms with Gasteiger partial charge in [-0.1, -0.05) is 0 Å². The second-order valence-corrected chi connectivity index (χ2v) is 3.21. The molecule has 0 bridgehead atoms. The normalized spacial score (nSPS) is 11.2. The van der Waals surface area contributed by atoms with E-state index in [2.05, 4.69) is 4.74 Å². The molecule has 1 aromatic rings. The van der Waals surface area contributed by atoms with E-state index in [-0.39, 0.29) is 22.8 Å². The van der Waals surface area contributed by atoms with Gasteiger partial charge in [-0.2, -0.15) is 13.2 Å². The van der Waals surface area contributed by atoms with Gasteiger partial charge in [-0.15, -0.1) is 0 Å². The zero-order valence-corrected chi connectivity index (χ0v) is 8.47. The van der Waals surface area contributed by atoms with Crippen LogP contribution in [0.4, 0.5) is 18.9 Å². The van der Waals surface area contributed by atoms with Crippen molar-refractivity contribution < 1.29 is 22.7 Å². The van der Waals surface area contributed by atoms with Gasteiger partial charge in [0, 0.05) is 11.3 Å². The Morgan fingerprint density at radius 3 is 2.56 bits per heavy atom. The molecule has 2 N–H and O–H groups in total. The number of anilines is 1. The number of Topliss-reactive ketones (excluding diaryl/α,β-unsaturated/α-hetero) is 1. The molecule has 0 atom stereocenters. The topological polar surface area (TPSA) is 52.3 Å². The molecule has 0 aliphatic carbocycles. The van der Waals surface area contributed by atoms with E-state index in [0.717, 1.165) is 0 Å². The number of nitrogens with two attached hydrogens (primary N) is 1. The molecule has 0 aromatic heterocycles. The van der Waals surface area contributed by atoms with E-state index < -0.39 is 12.8 Å². The van der Waals surface area contributed by atoms with Crippen LogP contribution in [0.25, 0.3) is 0 Å². The van der Waals surface area contributed by atoms with Gasteiger partial charge in [0.05, 0.1) is 0 Å². The predicted octanol–water partition coefficient (Wildman–Crippen LogP) is 2.41. The van der Waals surface area contributed by atoms with Gasteiger partial charge >= 0.3 is 6.18 Å². The highest BCUT2D eigenvalue weighted by Gasteiger charge is 2.28. The lowest BCUT2D eigenvalue weighted by molar-refractivity contribution is -0.153. The summed E-state index contributed by atoms with van der Waals surface area (Å²) in [6, 6.07) is 3.82. The summed E-state index contributed by atoms with van der Waals surface area (Å²) in [6.45, 7) is -0.118. The molecule has 3 nitrogen and oxygen atoms in total. The Morgan fingerprint density at radius 2 is 2.06 bits per heavy atom. The molecule has 0 saturated carbocycles. The Bertz CT molecular complexity index is 402. The van der Waals surface area contributed by atoms with Gasteiger partial charge in [0.2, 0.25) is 0 Å². The highest BCUT2D eigenvalue weighted by molar-refractivity contribution is 5.99. The van der Waals surface area contributed by atoms with Gasteiger partial charge in [0.1, 0.15) is 5.75 Å². The van der Waals surface area contributed by atoms with Crippen molar-refractivity contribution in [1.82, 2.24) is 0 Å². The summed E-state index contributed by atoms with van der Waals surface area (Å²) in [4.78, 5) is 11.1. The lowest BCUT2D eigenvalue weighted by Crippen LogP contribution is -2.19. The van der Waals surface area contributed by atoms with Crippen LogP contribution in [-0.4, -0.2) is 18.6 Å². The Balaban J connectivity index is 2.83. The molecule has 0 amide bonds. The summed E-state index contributed by atoms with van der Waals surface area (Å²) >= 11 is 0. The SMILES string of the molecule is CC(=O)c1cc(OCC(F)(F)F)ccc1N. The molecule has 0 spiro atoms. The molecule has 0 unspecified atom stereocenters. The third-order valence-electron chi connectivity index (χ3n) is 1.81. The summed E-state index contributed by atoms with van der Waals surface area (Å²) in [6.07, 6.45) is -4.40. The van der Waals surface area contributed by atoms with Gasteiger partial charge in [-0.25, -0.2) is 0 Å². The number of nitrogen functional groups attached to an aromatic ring is 1. The van der Waals surface area contributed by atoms with E-state index in [1.807, 2.05) is 0 Å². The molecular formula is C10H10F3NO2. The van der Waals surface area contributed by atoms with Crippen molar-refractivity contribution in [3.05, 3.63) is 23.8 Å². The second-order valence-electron chi connectivity index (χ2n) is 3.21. The van der Waals surface area contributed by atoms with Crippen molar-refractivity contribution in [3.63, 3.8) is 0 Å². The van der Waals surface area contributed by atoms with Gasteiger partial charge in [-0.3, -0.25) is 4.79 Å². The number of carbonyl (C=O) groups is 1. The van der Waals surface area contributed by atoms with E-state index in [4.69, 9.17) is 5.73 Å². The molecule has 6 heteroatoms. The van der Waals surface area contributed by atoms with Crippen molar-refractivity contribution in [1.29, 1.82) is 0 Å². The van der Waals surface area contributed by atoms with E-state index in [1.165, 1.54) is 25.1 Å². The number of hydrogen-bond acceptors (Lipinski definition) is 3. The van der Waals surface area contributed by atoms with Crippen LogP contribution in [0.1, 0.15) is 17.3 Å². The fourth-order valence-electron chi connectivity index (χ4n) is 1.10. The van der Waals surface area contributed by atoms with E-state index in [9.17, 15) is 18.0 Å². The van der Waals surface area contributed by atoms with Crippen molar-refractivity contribution in [2.75, 3.05) is 12.3 Å². The number of alkyl halides is 3. The second kappa shape index (κ2) is 4.42. The van der Waals surface area contributed by atoms with Gasteiger partial charge in [-0.05, 0) is 25.1 Å². The van der Waals surface area contributed by atoms with E-state index >= 15 is 0 Å². The average molecular weight is 233 g/mol. The smallest absolute Gasteiger partial charge is 0.422 e. The zero-order chi connectivity index (χ0) is 12.3. The zero-order valence-electron chi connectivity index (χ0n) is 8.47. The number of ether oxygens (including phenoxy) is 1. The minimum absolute atomic E-state index is 0.0308. The molecule has 0 aliphatic heterocycles. The van der Waals surface area contributed by atoms with Gasteiger partial charge in [0.25, 0.3) is 0 Å². The molecule has 1 rings (SSSR count). The molecule has 0 radical (unpaired) electrons. The number of rotatable bonds is 3. The maximum Gasteiger partial charge on any atom is 0.422 e. The average Bonchev–Trinajstić information content (AvgIpc) is 2.14. The first-order valence-electron chi connectivity index (χ1n) is 4.39. The van der Waals surface area contributed by atoms with Crippen LogP contribution in [0.15, 0.2) is 18.2 Å². The maximum atomic E-state index is 11.9. The summed E-state index contributed by atoms with van der Waals surface area (Å²) < 4.78 is 40.1. The fourth-order valence-corrected chi connectivity index (χ4v) is 1.10. The number of ketones is 1. The summed E-state index contributed by atoms with van der Waals surface area (Å²) in [5.41, 5.74) is 5.84. The first-order valence-corrected chi connectivity index (χ1v) is 4.39. The van der Waals surface area contributed by atoms with Gasteiger partial charge < -0.3 is 10.5 Å². The molecule has 0 heterocycles. The minimum atomic E-state index is -4.40. The molecule has 0 aliphatic rings. The minimum Gasteiger partial charge on any atom is -0.484 e. The number of benzene rings is 1. The van der Waals surface area contributed by atoms with Gasteiger partial charge in [0.15, 0.2) is 12.4 Å². The monoisotopic (exact) mass is 233 g/mol. The summed E-state index contributed by atoms with van der Waals surface area (Å²) in [7, 11) is 0. The number of carbonyl (C=O) groups excluding carboxylic acids is 1. The van der Waals surface area contributed by atoms with Crippen molar-refractivity contribution in [3.8, 4) is 5.75 Å². The summed E-state index contributed by atoms with van der Waals surface area (Å²) in [5.74, 6) is -0.355. The maximum absolute atomic E-state index is 11.9. The molecule has 16 heavy (non-hydrogen) atoms. The fraction of sp³-hybridized carbons (Fsp3) is 0.300. The van der Waals surface area contributed by atoms with Crippen LogP contribution in [0.2, 0.25) is 0 Å².